The molecular weight excluding hydrogens is 390 g/mol. The van der Waals surface area contributed by atoms with Gasteiger partial charge in [-0.1, -0.05) is 24.3 Å². The minimum Gasteiger partial charge on any atom is -0.494 e. The average molecular weight is 420 g/mol. The van der Waals surface area contributed by atoms with Crippen LogP contribution in [0.15, 0.2) is 72.2 Å². The molecule has 0 aromatic heterocycles. The molecule has 0 amide bonds. The largest absolute Gasteiger partial charge is 0.494 e. The second-order valence-corrected chi connectivity index (χ2v) is 7.86. The maximum atomic E-state index is 8.94. The quantitative estimate of drug-likeness (QED) is 0.586. The standard InChI is InChI=1S/C25H29N3O3/c26-18-21-7-6-10-23(17-21)29-16-5-4-11-27-12-14-28(15-13-27)25-20-30-24(19-31-25)22-8-2-1-3-9-22/h1-2,6-8,10,17,19-20H,3-5,9,11-16H2. The second-order valence-electron chi connectivity index (χ2n) is 7.86. The first kappa shape index (κ1) is 21.1. The lowest BCUT2D eigenvalue weighted by Crippen LogP contribution is -2.46. The summed E-state index contributed by atoms with van der Waals surface area (Å²) in [7, 11) is 0. The van der Waals surface area contributed by atoms with E-state index in [9.17, 15) is 0 Å². The Hall–Kier alpha value is -3.17. The first-order valence-corrected chi connectivity index (χ1v) is 11.0. The van der Waals surface area contributed by atoms with Crippen molar-refractivity contribution in [2.75, 3.05) is 39.3 Å². The van der Waals surface area contributed by atoms with Crippen LogP contribution in [0.4, 0.5) is 0 Å². The Bertz CT molecular complexity index is 918. The number of nitrogens with zero attached hydrogens (tertiary/aromatic N) is 3. The van der Waals surface area contributed by atoms with E-state index in [1.165, 1.54) is 5.57 Å². The molecule has 6 heteroatoms. The molecule has 0 saturated carbocycles. The Morgan fingerprint density at radius 3 is 2.71 bits per heavy atom. The number of hydrogen-bond donors (Lipinski definition) is 0. The van der Waals surface area contributed by atoms with Gasteiger partial charge in [-0.05, 0) is 56.0 Å². The van der Waals surface area contributed by atoms with Gasteiger partial charge in [0.05, 0.1) is 18.2 Å². The van der Waals surface area contributed by atoms with Gasteiger partial charge in [-0.3, -0.25) is 4.90 Å². The lowest BCUT2D eigenvalue weighted by molar-refractivity contribution is 0.0834. The Labute approximate surface area is 184 Å². The fourth-order valence-electron chi connectivity index (χ4n) is 3.87. The number of rotatable bonds is 8. The molecule has 31 heavy (non-hydrogen) atoms. The number of benzene rings is 1. The van der Waals surface area contributed by atoms with E-state index in [-0.39, 0.29) is 0 Å². The molecule has 3 aliphatic rings. The normalized spacial score (nSPS) is 18.8. The highest BCUT2D eigenvalue weighted by atomic mass is 16.6. The highest BCUT2D eigenvalue weighted by Gasteiger charge is 2.22. The number of unbranched alkanes of at least 4 members (excludes halogenated alkanes) is 1. The second kappa shape index (κ2) is 10.7. The van der Waals surface area contributed by atoms with Gasteiger partial charge in [0.25, 0.3) is 0 Å². The van der Waals surface area contributed by atoms with Crippen LogP contribution in [-0.2, 0) is 9.47 Å². The lowest BCUT2D eigenvalue weighted by Gasteiger charge is -2.36. The molecule has 1 fully saturated rings. The van der Waals surface area contributed by atoms with E-state index >= 15 is 0 Å². The Balaban J connectivity index is 1.11. The topological polar surface area (TPSA) is 58.0 Å². The van der Waals surface area contributed by atoms with E-state index < -0.39 is 0 Å². The summed E-state index contributed by atoms with van der Waals surface area (Å²) >= 11 is 0. The molecule has 1 aromatic carbocycles. The average Bonchev–Trinajstić information content (AvgIpc) is 2.85. The van der Waals surface area contributed by atoms with Crippen LogP contribution >= 0.6 is 0 Å². The molecular formula is C25H29N3O3. The third kappa shape index (κ3) is 5.93. The molecule has 0 radical (unpaired) electrons. The monoisotopic (exact) mass is 419 g/mol. The van der Waals surface area contributed by atoms with Crippen molar-refractivity contribution in [2.24, 2.45) is 0 Å². The molecule has 1 aliphatic carbocycles. The van der Waals surface area contributed by atoms with Gasteiger partial charge in [0.1, 0.15) is 12.0 Å². The summed E-state index contributed by atoms with van der Waals surface area (Å²) in [5, 5.41) is 8.94. The highest BCUT2D eigenvalue weighted by molar-refractivity contribution is 5.36. The van der Waals surface area contributed by atoms with Crippen LogP contribution in [0.2, 0.25) is 0 Å². The minimum atomic E-state index is 0.632. The van der Waals surface area contributed by atoms with Crippen LogP contribution in [-0.4, -0.2) is 49.1 Å². The summed E-state index contributed by atoms with van der Waals surface area (Å²) in [5.74, 6) is 2.38. The summed E-state index contributed by atoms with van der Waals surface area (Å²) in [6.07, 6.45) is 13.9. The van der Waals surface area contributed by atoms with E-state index in [0.717, 1.165) is 75.8 Å². The third-order valence-electron chi connectivity index (χ3n) is 5.69. The smallest absolute Gasteiger partial charge is 0.231 e. The van der Waals surface area contributed by atoms with Crippen LogP contribution in [0, 0.1) is 11.3 Å². The van der Waals surface area contributed by atoms with Crippen LogP contribution < -0.4 is 4.74 Å². The summed E-state index contributed by atoms with van der Waals surface area (Å²) in [6.45, 7) is 5.63. The summed E-state index contributed by atoms with van der Waals surface area (Å²) in [6, 6.07) is 9.45. The van der Waals surface area contributed by atoms with Gasteiger partial charge in [0.15, 0.2) is 12.0 Å². The SMILES string of the molecule is N#Cc1cccc(OCCCCN2CCN(C3=COC(C4=CC=CCC4)=CO3)CC2)c1. The molecule has 2 aliphatic heterocycles. The Morgan fingerprint density at radius 2 is 1.97 bits per heavy atom. The number of hydrogen-bond acceptors (Lipinski definition) is 6. The molecule has 0 N–H and O–H groups in total. The molecule has 1 saturated heterocycles. The van der Waals surface area contributed by atoms with Gasteiger partial charge in [0.2, 0.25) is 5.88 Å². The summed E-state index contributed by atoms with van der Waals surface area (Å²) in [5.41, 5.74) is 1.82. The molecule has 0 unspecified atom stereocenters. The number of allylic oxidation sites excluding steroid dienone is 4. The number of piperazine rings is 1. The van der Waals surface area contributed by atoms with Crippen LogP contribution in [0.25, 0.3) is 0 Å². The van der Waals surface area contributed by atoms with Crippen LogP contribution in [0.1, 0.15) is 31.2 Å². The van der Waals surface area contributed by atoms with Crippen molar-refractivity contribution in [2.45, 2.75) is 25.7 Å². The maximum absolute atomic E-state index is 8.94. The van der Waals surface area contributed by atoms with E-state index in [4.69, 9.17) is 19.5 Å². The molecule has 0 bridgehead atoms. The third-order valence-corrected chi connectivity index (χ3v) is 5.69. The lowest BCUT2D eigenvalue weighted by atomic mass is 10.0. The Kier molecular flexibility index (Phi) is 7.30. The van der Waals surface area contributed by atoms with Crippen LogP contribution in [0.5, 0.6) is 5.75 Å². The van der Waals surface area contributed by atoms with Crippen molar-refractivity contribution in [1.29, 1.82) is 5.26 Å². The molecule has 0 spiro atoms. The van der Waals surface area contributed by atoms with Gasteiger partial charge in [-0.2, -0.15) is 5.26 Å². The molecule has 6 nitrogen and oxygen atoms in total. The van der Waals surface area contributed by atoms with Crippen molar-refractivity contribution in [3.05, 3.63) is 77.8 Å². The molecule has 1 aromatic rings. The van der Waals surface area contributed by atoms with Crippen molar-refractivity contribution in [1.82, 2.24) is 9.80 Å². The van der Waals surface area contributed by atoms with Crippen molar-refractivity contribution >= 4 is 0 Å². The van der Waals surface area contributed by atoms with Crippen molar-refractivity contribution in [3.8, 4) is 11.8 Å². The number of nitriles is 1. The predicted molar refractivity (Wildman–Crippen MR) is 119 cm³/mol. The van der Waals surface area contributed by atoms with Gasteiger partial charge in [-0.15, -0.1) is 0 Å². The van der Waals surface area contributed by atoms with E-state index in [1.54, 1.807) is 24.7 Å². The molecule has 162 valence electrons. The first-order valence-electron chi connectivity index (χ1n) is 11.0. The Morgan fingerprint density at radius 1 is 1.06 bits per heavy atom. The van der Waals surface area contributed by atoms with E-state index in [2.05, 4.69) is 34.1 Å². The number of ether oxygens (including phenoxy) is 3. The maximum Gasteiger partial charge on any atom is 0.231 e. The molecule has 2 heterocycles. The van der Waals surface area contributed by atoms with Gasteiger partial charge in [0, 0.05) is 26.2 Å². The van der Waals surface area contributed by atoms with Crippen LogP contribution in [0.3, 0.4) is 0 Å². The zero-order valence-corrected chi connectivity index (χ0v) is 17.8. The summed E-state index contributed by atoms with van der Waals surface area (Å²) in [4.78, 5) is 4.72. The van der Waals surface area contributed by atoms with Crippen molar-refractivity contribution in [3.63, 3.8) is 0 Å². The zero-order chi connectivity index (χ0) is 21.3. The zero-order valence-electron chi connectivity index (χ0n) is 17.8. The fourth-order valence-corrected chi connectivity index (χ4v) is 3.87. The van der Waals surface area contributed by atoms with E-state index in [1.807, 2.05) is 12.1 Å². The van der Waals surface area contributed by atoms with Gasteiger partial charge < -0.3 is 19.1 Å². The van der Waals surface area contributed by atoms with Gasteiger partial charge in [-0.25, -0.2) is 0 Å². The predicted octanol–water partition coefficient (Wildman–Crippen LogP) is 4.30. The van der Waals surface area contributed by atoms with Crippen molar-refractivity contribution < 1.29 is 14.2 Å². The minimum absolute atomic E-state index is 0.632. The molecule has 0 atom stereocenters. The van der Waals surface area contributed by atoms with Gasteiger partial charge >= 0.3 is 0 Å². The van der Waals surface area contributed by atoms with E-state index in [0.29, 0.717) is 12.2 Å². The first-order chi connectivity index (χ1) is 15.3. The molecule has 4 rings (SSSR count). The summed E-state index contributed by atoms with van der Waals surface area (Å²) < 4.78 is 17.5. The fraction of sp³-hybridized carbons (Fsp3) is 0.400. The highest BCUT2D eigenvalue weighted by Crippen LogP contribution is 2.26.